The van der Waals surface area contributed by atoms with Crippen LogP contribution in [0, 0.1) is 23.7 Å². The lowest BCUT2D eigenvalue weighted by Gasteiger charge is -2.53. The highest BCUT2D eigenvalue weighted by molar-refractivity contribution is 5.94. The van der Waals surface area contributed by atoms with Crippen LogP contribution in [0.3, 0.4) is 0 Å². The molecule has 0 aromatic rings. The molecule has 0 bridgehead atoms. The lowest BCUT2D eigenvalue weighted by Crippen LogP contribution is -2.69. The molecule has 32 heavy (non-hydrogen) atoms. The van der Waals surface area contributed by atoms with E-state index >= 15 is 0 Å². The molecule has 178 valence electrons. The summed E-state index contributed by atoms with van der Waals surface area (Å²) in [5.41, 5.74) is -2.80. The van der Waals surface area contributed by atoms with Crippen LogP contribution >= 0.6 is 0 Å². The first-order valence-corrected chi connectivity index (χ1v) is 11.7. The predicted octanol–water partition coefficient (Wildman–Crippen LogP) is 2.43. The van der Waals surface area contributed by atoms with E-state index in [2.05, 4.69) is 0 Å². The maximum Gasteiger partial charge on any atom is 0.333 e. The molecule has 0 aromatic carbocycles. The number of esters is 1. The zero-order valence-corrected chi connectivity index (χ0v) is 19.8. The molecule has 0 spiro atoms. The van der Waals surface area contributed by atoms with Gasteiger partial charge in [-0.05, 0) is 58.8 Å². The number of hydrogen-bond donors (Lipinski definition) is 3. The molecule has 3 N–H and O–H groups in total. The summed E-state index contributed by atoms with van der Waals surface area (Å²) >= 11 is 0. The number of allylic oxidation sites excluding steroid dienone is 1. The molecule has 4 aliphatic rings. The second kappa shape index (κ2) is 7.23. The summed E-state index contributed by atoms with van der Waals surface area (Å²) in [6.07, 6.45) is 3.96. The van der Waals surface area contributed by atoms with Crippen LogP contribution in [0.1, 0.15) is 67.2 Å². The van der Waals surface area contributed by atoms with Crippen molar-refractivity contribution in [1.29, 1.82) is 0 Å². The largest absolute Gasteiger partial charge is 0.426 e. The minimum absolute atomic E-state index is 0.0186. The minimum atomic E-state index is -1.76. The monoisotopic (exact) mass is 448 g/mol. The molecule has 9 atom stereocenters. The molecule has 2 aliphatic carbocycles. The summed E-state index contributed by atoms with van der Waals surface area (Å²) < 4.78 is 11.6. The minimum Gasteiger partial charge on any atom is -0.426 e. The van der Waals surface area contributed by atoms with Crippen LogP contribution in [0.5, 0.6) is 0 Å². The molecular weight excluding hydrogens is 412 g/mol. The molecule has 4 rings (SSSR count). The van der Waals surface area contributed by atoms with Crippen LogP contribution in [-0.2, 0) is 19.1 Å². The van der Waals surface area contributed by atoms with E-state index in [-0.39, 0.29) is 36.4 Å². The number of aliphatic hydroxyl groups is 3. The van der Waals surface area contributed by atoms with Gasteiger partial charge in [0.25, 0.3) is 0 Å². The Labute approximate surface area is 189 Å². The molecule has 1 unspecified atom stereocenters. The van der Waals surface area contributed by atoms with Crippen molar-refractivity contribution in [2.75, 3.05) is 0 Å². The predicted molar refractivity (Wildman–Crippen MR) is 116 cm³/mol. The number of cyclic esters (lactones) is 1. The van der Waals surface area contributed by atoms with Crippen molar-refractivity contribution in [1.82, 2.24) is 0 Å². The second-order valence-corrected chi connectivity index (χ2v) is 11.0. The molecule has 2 heterocycles. The highest BCUT2D eigenvalue weighted by atomic mass is 16.7. The van der Waals surface area contributed by atoms with Gasteiger partial charge in [-0.2, -0.15) is 0 Å². The molecule has 3 fully saturated rings. The molecule has 2 aliphatic heterocycles. The quantitative estimate of drug-likeness (QED) is 0.447. The number of fused-ring (bicyclic) bond motifs is 2. The van der Waals surface area contributed by atoms with Crippen molar-refractivity contribution in [3.05, 3.63) is 23.3 Å². The van der Waals surface area contributed by atoms with E-state index in [9.17, 15) is 24.9 Å². The maximum atomic E-state index is 13.9. The van der Waals surface area contributed by atoms with Crippen molar-refractivity contribution < 1.29 is 34.4 Å². The van der Waals surface area contributed by atoms with Gasteiger partial charge in [0.05, 0.1) is 11.5 Å². The summed E-state index contributed by atoms with van der Waals surface area (Å²) in [4.78, 5) is 25.6. The number of Topliss-reactive ketones (excluding diaryl/α,β-unsaturated/α-hetero) is 1. The third kappa shape index (κ3) is 3.01. The van der Waals surface area contributed by atoms with E-state index in [1.165, 1.54) is 6.08 Å². The number of rotatable bonds is 4. The molecule has 0 radical (unpaired) electrons. The average Bonchev–Trinajstić information content (AvgIpc) is 3.22. The third-order valence-electron chi connectivity index (χ3n) is 8.81. The van der Waals surface area contributed by atoms with Crippen molar-refractivity contribution in [3.63, 3.8) is 0 Å². The van der Waals surface area contributed by atoms with Crippen molar-refractivity contribution >= 4 is 11.8 Å². The van der Waals surface area contributed by atoms with E-state index in [4.69, 9.17) is 9.47 Å². The molecule has 7 nitrogen and oxygen atoms in total. The van der Waals surface area contributed by atoms with E-state index in [1.807, 2.05) is 33.8 Å². The zero-order valence-electron chi connectivity index (χ0n) is 19.8. The summed E-state index contributed by atoms with van der Waals surface area (Å²) in [5.74, 6) is -4.63. The highest BCUT2D eigenvalue weighted by Gasteiger charge is 2.75. The Morgan fingerprint density at radius 3 is 2.38 bits per heavy atom. The lowest BCUT2D eigenvalue weighted by molar-refractivity contribution is -0.197. The summed E-state index contributed by atoms with van der Waals surface area (Å²) in [7, 11) is 0. The fraction of sp³-hybridized carbons (Fsp3) is 0.760. The zero-order chi connectivity index (χ0) is 23.9. The number of carbonyl (C=O) groups is 2. The summed E-state index contributed by atoms with van der Waals surface area (Å²) in [5, 5.41) is 34.6. The summed E-state index contributed by atoms with van der Waals surface area (Å²) in [6, 6.07) is 0. The first-order chi connectivity index (χ1) is 14.7. The first-order valence-electron chi connectivity index (χ1n) is 11.7. The van der Waals surface area contributed by atoms with Crippen molar-refractivity contribution in [2.24, 2.45) is 23.7 Å². The van der Waals surface area contributed by atoms with Crippen LogP contribution in [0.15, 0.2) is 23.3 Å². The van der Waals surface area contributed by atoms with Crippen LogP contribution in [0.2, 0.25) is 0 Å². The van der Waals surface area contributed by atoms with Gasteiger partial charge in [0, 0.05) is 24.0 Å². The highest BCUT2D eigenvalue weighted by Crippen LogP contribution is 2.62. The van der Waals surface area contributed by atoms with Gasteiger partial charge in [0.15, 0.2) is 5.78 Å². The Kier molecular flexibility index (Phi) is 5.33. The first kappa shape index (κ1) is 23.6. The third-order valence-corrected chi connectivity index (χ3v) is 8.81. The van der Waals surface area contributed by atoms with E-state index in [0.29, 0.717) is 12.0 Å². The average molecular weight is 449 g/mol. The maximum absolute atomic E-state index is 13.9. The molecule has 0 amide bonds. The van der Waals surface area contributed by atoms with Gasteiger partial charge in [0.1, 0.15) is 17.3 Å². The number of ketones is 1. The van der Waals surface area contributed by atoms with Gasteiger partial charge in [0.2, 0.25) is 5.79 Å². The van der Waals surface area contributed by atoms with Crippen LogP contribution in [-0.4, -0.2) is 55.8 Å². The van der Waals surface area contributed by atoms with E-state index in [0.717, 1.165) is 12.0 Å². The van der Waals surface area contributed by atoms with Gasteiger partial charge in [-0.15, -0.1) is 0 Å². The fourth-order valence-corrected chi connectivity index (χ4v) is 6.87. The smallest absolute Gasteiger partial charge is 0.333 e. The fourth-order valence-electron chi connectivity index (χ4n) is 6.87. The van der Waals surface area contributed by atoms with Gasteiger partial charge in [-0.1, -0.05) is 25.5 Å². The van der Waals surface area contributed by atoms with Gasteiger partial charge >= 0.3 is 5.97 Å². The molecule has 2 saturated carbocycles. The van der Waals surface area contributed by atoms with E-state index in [1.54, 1.807) is 13.8 Å². The molecule has 0 aromatic heterocycles. The Morgan fingerprint density at radius 2 is 1.81 bits per heavy atom. The van der Waals surface area contributed by atoms with Gasteiger partial charge < -0.3 is 24.8 Å². The van der Waals surface area contributed by atoms with Crippen molar-refractivity contribution in [2.45, 2.75) is 95.9 Å². The van der Waals surface area contributed by atoms with Crippen LogP contribution in [0.4, 0.5) is 0 Å². The van der Waals surface area contributed by atoms with E-state index < -0.39 is 40.6 Å². The Morgan fingerprint density at radius 1 is 1.16 bits per heavy atom. The molecule has 1 saturated heterocycles. The van der Waals surface area contributed by atoms with Crippen LogP contribution < -0.4 is 0 Å². The Balaban J connectivity index is 1.75. The Hall–Kier alpha value is -1.54. The lowest BCUT2D eigenvalue weighted by atomic mass is 9.53. The SMILES string of the molecule is CC(C)=C[C@@H]1O[C@](C)(CCC2(O)OC(=O)C=C2C)[C@H]2C(=O)[C@]3(O)[C@H](C)CC[C@@H]3[C@@H](C)[C@@]12O. The Bertz CT molecular complexity index is 904. The van der Waals surface area contributed by atoms with Gasteiger partial charge in [-0.25, -0.2) is 4.79 Å². The van der Waals surface area contributed by atoms with Gasteiger partial charge in [-0.3, -0.25) is 4.79 Å². The van der Waals surface area contributed by atoms with Crippen molar-refractivity contribution in [3.8, 4) is 0 Å². The summed E-state index contributed by atoms with van der Waals surface area (Å²) in [6.45, 7) is 11.0. The number of ether oxygens (including phenoxy) is 2. The molecular formula is C25H36O7. The normalized spacial score (nSPS) is 50.0. The molecule has 7 heteroatoms. The number of hydrogen-bond acceptors (Lipinski definition) is 7. The van der Waals surface area contributed by atoms with Crippen LogP contribution in [0.25, 0.3) is 0 Å². The number of carbonyl (C=O) groups excluding carboxylic acids is 2. The topological polar surface area (TPSA) is 113 Å². The standard InChI is InChI=1S/C25H36O7/c1-13(2)11-18-25(30)16(5)17-8-7-14(3)24(17,29)21(27)20(25)22(6,31-18)9-10-23(28)15(4)12-19(26)32-23/h11-12,14,16-18,20,28-30H,7-10H2,1-6H3/t14-,16-,17-,18+,20-,22-,23?,24+,25-/m1/s1. The second-order valence-electron chi connectivity index (χ2n) is 11.0.